The van der Waals surface area contributed by atoms with Crippen LogP contribution in [0.15, 0.2) is 133 Å². The van der Waals surface area contributed by atoms with Gasteiger partial charge in [-0.2, -0.15) is 11.8 Å². The molecule has 2 saturated heterocycles. The molecule has 16 heteroatoms. The monoisotopic (exact) mass is 1010 g/mol. The maximum atomic E-state index is 13.7. The normalized spacial score (nSPS) is 16.5. The lowest BCUT2D eigenvalue weighted by molar-refractivity contribution is -0.122. The quantitative estimate of drug-likeness (QED) is 0.0263. The average molecular weight is 1010 g/mol. The number of benzene rings is 5. The third kappa shape index (κ3) is 14.1. The lowest BCUT2D eigenvalue weighted by atomic mass is 10.0. The molecule has 0 aliphatic carbocycles. The van der Waals surface area contributed by atoms with Crippen molar-refractivity contribution >= 4 is 51.7 Å². The zero-order valence-corrected chi connectivity index (χ0v) is 42.1. The first-order chi connectivity index (χ1) is 36.0. The third-order valence-electron chi connectivity index (χ3n) is 13.2. The second-order valence-corrected chi connectivity index (χ2v) is 19.7. The highest BCUT2D eigenvalue weighted by molar-refractivity contribution is 8.00. The number of rotatable bonds is 29. The maximum Gasteiger partial charge on any atom is 0.315 e. The van der Waals surface area contributed by atoms with Crippen LogP contribution in [0.25, 0.3) is 44.8 Å². The van der Waals surface area contributed by atoms with Crippen LogP contribution in [0.2, 0.25) is 0 Å². The molecule has 382 valence electrons. The predicted octanol–water partition coefficient (Wildman–Crippen LogP) is 8.57. The number of hydrogen-bond acceptors (Lipinski definition) is 10. The molecular weight excluding hydrogens is 941 g/mol. The van der Waals surface area contributed by atoms with E-state index in [4.69, 9.17) is 28.9 Å². The van der Waals surface area contributed by atoms with Gasteiger partial charge >= 0.3 is 6.03 Å². The fraction of sp³-hybridized carbons (Fsp3) is 0.386. The smallest absolute Gasteiger partial charge is 0.315 e. The van der Waals surface area contributed by atoms with Crippen molar-refractivity contribution < 1.29 is 33.3 Å². The number of hydrogen-bond donors (Lipinski definition) is 4. The summed E-state index contributed by atoms with van der Waals surface area (Å²) in [6.45, 7) is 4.82. The van der Waals surface area contributed by atoms with E-state index < -0.39 is 0 Å². The van der Waals surface area contributed by atoms with Gasteiger partial charge in [-0.1, -0.05) is 91.3 Å². The molecule has 7 aromatic rings. The summed E-state index contributed by atoms with van der Waals surface area (Å²) in [5.74, 6) is 3.27. The van der Waals surface area contributed by atoms with Crippen LogP contribution >= 0.6 is 11.8 Å². The lowest BCUT2D eigenvalue weighted by Crippen LogP contribution is -2.36. The van der Waals surface area contributed by atoms with Crippen LogP contribution in [0, 0.1) is 0 Å². The predicted molar refractivity (Wildman–Crippen MR) is 287 cm³/mol. The number of amides is 4. The molecular formula is C57H66N8O7S. The molecule has 1 unspecified atom stereocenters. The zero-order chi connectivity index (χ0) is 50.0. The molecule has 5 aromatic carbocycles. The number of fused-ring (bicyclic) bond motifs is 3. The number of aromatic nitrogens is 4. The molecule has 0 bridgehead atoms. The fourth-order valence-electron chi connectivity index (χ4n) is 9.54. The topological polar surface area (TPSA) is 172 Å². The van der Waals surface area contributed by atoms with Crippen LogP contribution in [0.4, 0.5) is 4.79 Å². The molecule has 15 nitrogen and oxygen atoms in total. The number of nitrogens with one attached hydrogen (secondary N) is 4. The summed E-state index contributed by atoms with van der Waals surface area (Å²) in [7, 11) is 0. The van der Waals surface area contributed by atoms with Gasteiger partial charge in [-0.25, -0.2) is 14.8 Å². The molecule has 2 aromatic heterocycles. The van der Waals surface area contributed by atoms with Gasteiger partial charge in [-0.3, -0.25) is 9.59 Å². The molecule has 2 fully saturated rings. The van der Waals surface area contributed by atoms with Gasteiger partial charge in [0.25, 0.3) is 0 Å². The van der Waals surface area contributed by atoms with E-state index in [1.165, 1.54) is 5.56 Å². The first-order valence-electron chi connectivity index (χ1n) is 25.7. The van der Waals surface area contributed by atoms with E-state index in [1.807, 2.05) is 115 Å². The third-order valence-corrected chi connectivity index (χ3v) is 14.7. The van der Waals surface area contributed by atoms with Gasteiger partial charge in [0.2, 0.25) is 11.8 Å². The number of carbonyl (C=O) groups excluding carboxylic acids is 3. The zero-order valence-electron chi connectivity index (χ0n) is 41.3. The Labute approximate surface area is 431 Å². The van der Waals surface area contributed by atoms with Crippen molar-refractivity contribution in [1.29, 1.82) is 0 Å². The van der Waals surface area contributed by atoms with Crippen LogP contribution in [0.1, 0.15) is 56.6 Å². The minimum Gasteiger partial charge on any atom is -0.491 e. The number of nitrogens with zero attached hydrogens (tertiary/aromatic N) is 4. The molecule has 73 heavy (non-hydrogen) atoms. The summed E-state index contributed by atoms with van der Waals surface area (Å²) in [4.78, 5) is 47.7. The van der Waals surface area contributed by atoms with Gasteiger partial charge in [0.15, 0.2) is 0 Å². The second-order valence-electron chi connectivity index (χ2n) is 18.5. The number of urea groups is 1. The Morgan fingerprint density at radius 2 is 1.25 bits per heavy atom. The Morgan fingerprint density at radius 3 is 1.97 bits per heavy atom. The molecule has 0 saturated carbocycles. The van der Waals surface area contributed by atoms with Crippen molar-refractivity contribution in [3.8, 4) is 28.5 Å². The van der Waals surface area contributed by atoms with Crippen LogP contribution in [-0.4, -0.2) is 119 Å². The Morgan fingerprint density at radius 1 is 0.644 bits per heavy atom. The lowest BCUT2D eigenvalue weighted by Gasteiger charge is -2.22. The van der Waals surface area contributed by atoms with E-state index in [-0.39, 0.29) is 49.0 Å². The Hall–Kier alpha value is -6.72. The van der Waals surface area contributed by atoms with Gasteiger partial charge < -0.3 is 49.3 Å². The van der Waals surface area contributed by atoms with Gasteiger partial charge in [0.1, 0.15) is 24.0 Å². The minimum atomic E-state index is -0.380. The van der Waals surface area contributed by atoms with E-state index in [1.54, 1.807) is 0 Å². The van der Waals surface area contributed by atoms with E-state index in [0.29, 0.717) is 83.1 Å². The van der Waals surface area contributed by atoms with Crippen LogP contribution in [0.3, 0.4) is 0 Å². The first-order valence-corrected chi connectivity index (χ1v) is 26.7. The SMILES string of the molecule is O=C(CCCC[C@H]1SC[C@@H]2NC(=O)N[C@@H]21)NCCCOCCOCCOCCCNC(=O)CC(COc1ccc(-c2nc3ccccc3n2Cc2ccccc2)cc1)n1c(-c2ccccc2)nc2ccccc21. The van der Waals surface area contributed by atoms with Crippen molar-refractivity contribution in [2.75, 3.05) is 65.1 Å². The number of unbranched alkanes of at least 4 members (excludes halogenated alkanes) is 1. The van der Waals surface area contributed by atoms with Gasteiger partial charge in [-0.05, 0) is 79.8 Å². The molecule has 0 spiro atoms. The van der Waals surface area contributed by atoms with Gasteiger partial charge in [0, 0.05) is 61.4 Å². The Kier molecular flexibility index (Phi) is 18.4. The highest BCUT2D eigenvalue weighted by Gasteiger charge is 2.42. The summed E-state index contributed by atoms with van der Waals surface area (Å²) in [5, 5.41) is 12.5. The first kappa shape index (κ1) is 51.2. The number of ether oxygens (including phenoxy) is 4. The molecule has 2 aliphatic heterocycles. The number of thioether (sulfide) groups is 1. The summed E-state index contributed by atoms with van der Waals surface area (Å²) in [6.07, 6.45) is 4.91. The molecule has 4 N–H and O–H groups in total. The number of imidazole rings is 2. The van der Waals surface area contributed by atoms with Crippen LogP contribution in [0.5, 0.6) is 5.75 Å². The van der Waals surface area contributed by atoms with E-state index >= 15 is 0 Å². The van der Waals surface area contributed by atoms with E-state index in [9.17, 15) is 14.4 Å². The molecule has 4 amide bonds. The van der Waals surface area contributed by atoms with Crippen molar-refractivity contribution in [2.24, 2.45) is 0 Å². The average Bonchev–Trinajstić information content (AvgIpc) is 4.20. The molecule has 9 rings (SSSR count). The minimum absolute atomic E-state index is 0.0626. The largest absolute Gasteiger partial charge is 0.491 e. The fourth-order valence-corrected chi connectivity index (χ4v) is 11.1. The second kappa shape index (κ2) is 26.3. The van der Waals surface area contributed by atoms with Crippen molar-refractivity contribution in [3.63, 3.8) is 0 Å². The summed E-state index contributed by atoms with van der Waals surface area (Å²) < 4.78 is 28.1. The van der Waals surface area contributed by atoms with Crippen molar-refractivity contribution in [1.82, 2.24) is 40.4 Å². The molecule has 4 heterocycles. The summed E-state index contributed by atoms with van der Waals surface area (Å²) in [6, 6.07) is 44.7. The highest BCUT2D eigenvalue weighted by atomic mass is 32.2. The van der Waals surface area contributed by atoms with Crippen molar-refractivity contribution in [3.05, 3.63) is 139 Å². The van der Waals surface area contributed by atoms with Gasteiger partial charge in [-0.15, -0.1) is 0 Å². The number of carbonyl (C=O) groups is 3. The number of para-hydroxylation sites is 4. The Bertz CT molecular complexity index is 2860. The summed E-state index contributed by atoms with van der Waals surface area (Å²) >= 11 is 1.91. The van der Waals surface area contributed by atoms with E-state index in [0.717, 1.165) is 76.3 Å². The summed E-state index contributed by atoms with van der Waals surface area (Å²) in [5.41, 5.74) is 6.91. The van der Waals surface area contributed by atoms with Crippen LogP contribution < -0.4 is 26.0 Å². The van der Waals surface area contributed by atoms with Crippen LogP contribution in [-0.2, 0) is 30.3 Å². The molecule has 4 atom stereocenters. The highest BCUT2D eigenvalue weighted by Crippen LogP contribution is 2.34. The van der Waals surface area contributed by atoms with Gasteiger partial charge in [0.05, 0.1) is 73.0 Å². The maximum absolute atomic E-state index is 13.7. The van der Waals surface area contributed by atoms with Crippen molar-refractivity contribution in [2.45, 2.75) is 74.9 Å². The standard InChI is InChI=1S/C57H66N8O7S/c66-52(24-12-11-23-51-54-48(40-73-51)62-57(68)63-54)58-29-13-31-69-33-35-71-36-34-70-32-14-30-59-53(67)37-44(65-50-22-10-8-20-47(50)61-56(65)42-17-5-2-6-18-42)39-72-45-27-25-43(26-28-45)55-60-46-19-7-9-21-49(46)64(55)38-41-15-3-1-4-16-41/h1-10,15-22,25-28,44,48,51,54H,11-14,23-24,29-40H2,(H,58,66)(H,59,67)(H2,62,63,68)/t44?,48-,51+,54-/m0/s1. The molecule has 0 radical (unpaired) electrons. The Balaban J connectivity index is 0.690. The molecule has 2 aliphatic rings. The van der Waals surface area contributed by atoms with E-state index in [2.05, 4.69) is 60.7 Å².